The fraction of sp³-hybridized carbons (Fsp3) is 0.500. The number of carboxylic acid groups (broad SMARTS) is 3. The fourth-order valence-corrected chi connectivity index (χ4v) is 4.70. The quantitative estimate of drug-likeness (QED) is 0.113. The lowest BCUT2D eigenvalue weighted by atomic mass is 9.83. The molecule has 1 saturated heterocycles. The molecule has 9 atom stereocenters. The van der Waals surface area contributed by atoms with E-state index >= 15 is 0 Å². The molecular weight excluding hydrogens is 534 g/mol. The van der Waals surface area contributed by atoms with E-state index < -0.39 is 73.3 Å². The fourth-order valence-electron chi connectivity index (χ4n) is 4.70. The van der Waals surface area contributed by atoms with Gasteiger partial charge in [0, 0.05) is 29.4 Å². The Morgan fingerprint density at radius 1 is 1.15 bits per heavy atom. The minimum atomic E-state index is -1.73. The molecule has 1 fully saturated rings. The summed E-state index contributed by atoms with van der Waals surface area (Å²) in [6, 6.07) is 0. The van der Waals surface area contributed by atoms with Gasteiger partial charge in [-0.25, -0.2) is 4.79 Å². The molecule has 3 aliphatic rings. The SMILES string of the molecule is C=C[C@H]1[C@H](O[C@@H]2O[C@H](CO)[C@@H](O)[C@H](O)[C@H]2O)OC=C(C(=O)[O-])[C@H]1/C=C/C1=C[NH+](CCCC(=O)O)CC(C(=O)O)=C1. The van der Waals surface area contributed by atoms with E-state index in [-0.39, 0.29) is 24.1 Å². The van der Waals surface area contributed by atoms with Crippen LogP contribution in [0.15, 0.2) is 60.1 Å². The molecule has 0 spiro atoms. The van der Waals surface area contributed by atoms with Gasteiger partial charge in [-0.05, 0) is 6.08 Å². The molecule has 7 N–H and O–H groups in total. The second-order valence-corrected chi connectivity index (χ2v) is 9.60. The lowest BCUT2D eigenvalue weighted by molar-refractivity contribution is -0.842. The van der Waals surface area contributed by atoms with Gasteiger partial charge in [-0.2, -0.15) is 0 Å². The van der Waals surface area contributed by atoms with Crippen LogP contribution in [-0.4, -0.2) is 105 Å². The van der Waals surface area contributed by atoms with E-state index in [1.54, 1.807) is 6.20 Å². The van der Waals surface area contributed by atoms with Crippen LogP contribution in [0.25, 0.3) is 0 Å². The summed E-state index contributed by atoms with van der Waals surface area (Å²) in [7, 11) is 0. The monoisotopic (exact) mass is 567 g/mol. The normalized spacial score (nSPS) is 34.3. The van der Waals surface area contributed by atoms with Crippen molar-refractivity contribution in [1.29, 1.82) is 0 Å². The minimum Gasteiger partial charge on any atom is -0.545 e. The summed E-state index contributed by atoms with van der Waals surface area (Å²) in [5, 5.41) is 70.1. The van der Waals surface area contributed by atoms with Gasteiger partial charge in [0.25, 0.3) is 0 Å². The maximum atomic E-state index is 11.9. The third-order valence-electron chi connectivity index (χ3n) is 6.83. The topological polar surface area (TPSA) is 228 Å². The largest absolute Gasteiger partial charge is 0.545 e. The lowest BCUT2D eigenvalue weighted by Crippen LogP contribution is -3.08. The number of carbonyl (C=O) groups excluding carboxylic acids is 1. The molecule has 0 bridgehead atoms. The molecule has 0 amide bonds. The van der Waals surface area contributed by atoms with Crippen molar-refractivity contribution in [1.82, 2.24) is 0 Å². The van der Waals surface area contributed by atoms with Gasteiger partial charge in [0.05, 0.1) is 37.4 Å². The number of ether oxygens (including phenoxy) is 3. The molecule has 40 heavy (non-hydrogen) atoms. The number of nitrogens with one attached hydrogen (secondary N) is 1. The predicted molar refractivity (Wildman–Crippen MR) is 131 cm³/mol. The van der Waals surface area contributed by atoms with Crippen molar-refractivity contribution >= 4 is 17.9 Å². The van der Waals surface area contributed by atoms with Crippen LogP contribution in [0, 0.1) is 11.8 Å². The molecule has 3 heterocycles. The van der Waals surface area contributed by atoms with Crippen LogP contribution in [0.3, 0.4) is 0 Å². The molecule has 0 aromatic heterocycles. The molecule has 14 nitrogen and oxygen atoms in total. The number of carbonyl (C=O) groups is 3. The first-order valence-electron chi connectivity index (χ1n) is 12.5. The van der Waals surface area contributed by atoms with Gasteiger partial charge in [0.1, 0.15) is 37.2 Å². The third kappa shape index (κ3) is 7.42. The Balaban J connectivity index is 1.85. The predicted octanol–water partition coefficient (Wildman–Crippen LogP) is -3.57. The zero-order valence-electron chi connectivity index (χ0n) is 21.4. The Bertz CT molecular complexity index is 1090. The van der Waals surface area contributed by atoms with E-state index in [1.165, 1.54) is 24.3 Å². The highest BCUT2D eigenvalue weighted by Crippen LogP contribution is 2.35. The van der Waals surface area contributed by atoms with Gasteiger partial charge >= 0.3 is 11.9 Å². The van der Waals surface area contributed by atoms with Crippen molar-refractivity contribution in [2.24, 2.45) is 11.8 Å². The Hall–Kier alpha value is -3.37. The smallest absolute Gasteiger partial charge is 0.337 e. The molecule has 3 aliphatic heterocycles. The summed E-state index contributed by atoms with van der Waals surface area (Å²) in [5.41, 5.74) is 0.242. The van der Waals surface area contributed by atoms with Crippen molar-refractivity contribution in [2.45, 2.75) is 49.8 Å². The highest BCUT2D eigenvalue weighted by Gasteiger charge is 2.46. The standard InChI is InChI=1S/C26H33NO13/c1-2-15-16(6-5-13-8-14(23(34)35)10-27(9-13)7-3-4-19(29)30)17(24(36)37)12-38-25(15)40-26-22(33)21(32)20(31)18(11-28)39-26/h2,5-6,8-9,12,15-16,18,20-22,25-26,28,31-33H,1,3-4,7,10-11H2,(H,29,30)(H,34,35)(H,36,37)/b6-5+/t15-,16+,18-,20-,21+,22-,25+,26+/m1/s1. The number of rotatable bonds is 12. The summed E-state index contributed by atoms with van der Waals surface area (Å²) in [4.78, 5) is 35.1. The molecule has 220 valence electrons. The van der Waals surface area contributed by atoms with Crippen LogP contribution >= 0.6 is 0 Å². The first kappa shape index (κ1) is 31.2. The van der Waals surface area contributed by atoms with Crippen LogP contribution in [0.2, 0.25) is 0 Å². The van der Waals surface area contributed by atoms with E-state index in [0.29, 0.717) is 23.4 Å². The van der Waals surface area contributed by atoms with E-state index in [0.717, 1.165) is 6.26 Å². The van der Waals surface area contributed by atoms with E-state index in [1.807, 2.05) is 0 Å². The second kappa shape index (κ2) is 13.8. The number of allylic oxidation sites excluding steroid dienone is 4. The number of aliphatic hydroxyl groups excluding tert-OH is 4. The molecule has 3 rings (SSSR count). The first-order valence-corrected chi connectivity index (χ1v) is 12.5. The average molecular weight is 568 g/mol. The highest BCUT2D eigenvalue weighted by molar-refractivity contribution is 5.88. The molecular formula is C26H33NO13. The maximum absolute atomic E-state index is 11.9. The van der Waals surface area contributed by atoms with Gasteiger partial charge in [-0.1, -0.05) is 18.2 Å². The van der Waals surface area contributed by atoms with Crippen LogP contribution in [0.4, 0.5) is 0 Å². The van der Waals surface area contributed by atoms with Gasteiger partial charge < -0.3 is 59.7 Å². The Labute approximate surface area is 229 Å². The summed E-state index contributed by atoms with van der Waals surface area (Å²) in [6.07, 6.45) is -0.543. The average Bonchev–Trinajstić information content (AvgIpc) is 2.91. The van der Waals surface area contributed by atoms with Crippen LogP contribution in [0.1, 0.15) is 12.8 Å². The summed E-state index contributed by atoms with van der Waals surface area (Å²) < 4.78 is 16.5. The third-order valence-corrected chi connectivity index (χ3v) is 6.83. The van der Waals surface area contributed by atoms with Gasteiger partial charge in [0.15, 0.2) is 6.29 Å². The number of hydrogen-bond acceptors (Lipinski definition) is 11. The van der Waals surface area contributed by atoms with Crippen LogP contribution < -0.4 is 10.0 Å². The molecule has 1 unspecified atom stereocenters. The van der Waals surface area contributed by atoms with Crippen LogP contribution in [-0.2, 0) is 28.6 Å². The second-order valence-electron chi connectivity index (χ2n) is 9.60. The van der Waals surface area contributed by atoms with Crippen LogP contribution in [0.5, 0.6) is 0 Å². The van der Waals surface area contributed by atoms with Gasteiger partial charge in [0.2, 0.25) is 6.29 Å². The molecule has 0 aliphatic carbocycles. The molecule has 0 saturated carbocycles. The van der Waals surface area contributed by atoms with Crippen molar-refractivity contribution < 1.29 is 69.2 Å². The van der Waals surface area contributed by atoms with Crippen molar-refractivity contribution in [3.63, 3.8) is 0 Å². The summed E-state index contributed by atoms with van der Waals surface area (Å²) in [5.74, 6) is -5.54. The molecule has 0 radical (unpaired) electrons. The van der Waals surface area contributed by atoms with E-state index in [4.69, 9.17) is 19.3 Å². The summed E-state index contributed by atoms with van der Waals surface area (Å²) in [6.45, 7) is 3.53. The molecule has 0 aromatic carbocycles. The number of quaternary nitrogens is 1. The lowest BCUT2D eigenvalue weighted by Gasteiger charge is -2.43. The number of aliphatic carboxylic acids is 3. The molecule has 0 aromatic rings. The first-order chi connectivity index (χ1) is 19.0. The van der Waals surface area contributed by atoms with Gasteiger partial charge in [-0.3, -0.25) is 4.79 Å². The zero-order valence-corrected chi connectivity index (χ0v) is 21.4. The highest BCUT2D eigenvalue weighted by atomic mass is 16.8. The summed E-state index contributed by atoms with van der Waals surface area (Å²) >= 11 is 0. The van der Waals surface area contributed by atoms with E-state index in [9.17, 15) is 45.0 Å². The minimum absolute atomic E-state index is 0.0761. The Kier molecular flexibility index (Phi) is 10.8. The Morgan fingerprint density at radius 2 is 1.88 bits per heavy atom. The van der Waals surface area contributed by atoms with Gasteiger partial charge in [-0.15, -0.1) is 6.58 Å². The maximum Gasteiger partial charge on any atom is 0.337 e. The Morgan fingerprint density at radius 3 is 2.48 bits per heavy atom. The van der Waals surface area contributed by atoms with Crippen molar-refractivity contribution in [2.75, 3.05) is 19.7 Å². The van der Waals surface area contributed by atoms with Crippen molar-refractivity contribution in [3.05, 3.63) is 60.1 Å². The number of hydrogen-bond donors (Lipinski definition) is 7. The number of carboxylic acids is 3. The van der Waals surface area contributed by atoms with E-state index in [2.05, 4.69) is 6.58 Å². The van der Waals surface area contributed by atoms with Crippen molar-refractivity contribution in [3.8, 4) is 0 Å². The molecule has 14 heteroatoms. The number of aliphatic hydroxyl groups is 4. The zero-order chi connectivity index (χ0) is 29.6.